The lowest BCUT2D eigenvalue weighted by molar-refractivity contribution is 0.824. The molecule has 0 amide bonds. The summed E-state index contributed by atoms with van der Waals surface area (Å²) in [4.78, 5) is 9.04. The number of hydrogen-bond acceptors (Lipinski definition) is 2. The van der Waals surface area contributed by atoms with E-state index < -0.39 is 0 Å². The van der Waals surface area contributed by atoms with Gasteiger partial charge in [0.25, 0.3) is 0 Å². The van der Waals surface area contributed by atoms with Crippen molar-refractivity contribution in [1.82, 2.24) is 14.5 Å². The summed E-state index contributed by atoms with van der Waals surface area (Å²) in [5.74, 6) is 0.886. The molecular weight excluding hydrogens is 289 g/mol. The third-order valence-electron chi connectivity index (χ3n) is 2.60. The van der Waals surface area contributed by atoms with Gasteiger partial charge in [-0.15, -0.1) is 0 Å². The Kier molecular flexibility index (Phi) is 3.22. The van der Waals surface area contributed by atoms with Crippen LogP contribution in [-0.4, -0.2) is 14.5 Å². The van der Waals surface area contributed by atoms with Gasteiger partial charge in [-0.05, 0) is 29.3 Å². The minimum Gasteiger partial charge on any atom is -0.318 e. The zero-order valence-corrected chi connectivity index (χ0v) is 11.9. The maximum atomic E-state index is 6.17. The van der Waals surface area contributed by atoms with E-state index in [1.165, 1.54) is 0 Å². The number of hydrogen-bond donors (Lipinski definition) is 0. The van der Waals surface area contributed by atoms with E-state index in [1.807, 2.05) is 18.5 Å². The first-order chi connectivity index (χ1) is 7.56. The fourth-order valence-electron chi connectivity index (χ4n) is 1.79. The summed E-state index contributed by atoms with van der Waals surface area (Å²) in [5.41, 5.74) is 1.87. The van der Waals surface area contributed by atoms with Crippen LogP contribution >= 0.6 is 27.5 Å². The second kappa shape index (κ2) is 4.34. The van der Waals surface area contributed by atoms with Gasteiger partial charge in [-0.1, -0.05) is 18.5 Å². The molecule has 0 aliphatic carbocycles. The molecule has 2 aromatic rings. The molecule has 0 saturated heterocycles. The average Bonchev–Trinajstić information content (AvgIpc) is 2.45. The molecular formula is C11H13BrClN3. The molecule has 0 spiro atoms. The van der Waals surface area contributed by atoms with Gasteiger partial charge in [-0.25, -0.2) is 9.97 Å². The van der Waals surface area contributed by atoms with Gasteiger partial charge in [0.05, 0.1) is 15.6 Å². The van der Waals surface area contributed by atoms with Gasteiger partial charge >= 0.3 is 0 Å². The third-order valence-corrected chi connectivity index (χ3v) is 4.05. The van der Waals surface area contributed by atoms with Gasteiger partial charge in [0.15, 0.2) is 0 Å². The molecule has 2 aromatic heterocycles. The van der Waals surface area contributed by atoms with E-state index in [2.05, 4.69) is 32.8 Å². The summed E-state index contributed by atoms with van der Waals surface area (Å²) in [5, 5.41) is 1.67. The summed E-state index contributed by atoms with van der Waals surface area (Å²) in [6, 6.07) is 0. The molecule has 0 aliphatic rings. The lowest BCUT2D eigenvalue weighted by Crippen LogP contribution is -1.99. The molecule has 0 fully saturated rings. The van der Waals surface area contributed by atoms with Crippen LogP contribution in [0.25, 0.3) is 11.0 Å². The van der Waals surface area contributed by atoms with Crippen molar-refractivity contribution in [2.75, 3.05) is 0 Å². The highest BCUT2D eigenvalue weighted by Gasteiger charge is 2.16. The Morgan fingerprint density at radius 2 is 2.06 bits per heavy atom. The first kappa shape index (κ1) is 11.9. The maximum Gasteiger partial charge on any atom is 0.146 e. The number of aromatic nitrogens is 3. The molecule has 0 aromatic carbocycles. The highest BCUT2D eigenvalue weighted by atomic mass is 79.9. The lowest BCUT2D eigenvalue weighted by atomic mass is 10.2. The molecule has 0 aliphatic heterocycles. The van der Waals surface area contributed by atoms with Crippen molar-refractivity contribution in [1.29, 1.82) is 0 Å². The van der Waals surface area contributed by atoms with Gasteiger partial charge in [-0.3, -0.25) is 0 Å². The SMILES string of the molecule is CCCc1nc(C)c2c(Br)c(Cl)n(C)c2n1. The molecule has 0 radical (unpaired) electrons. The van der Waals surface area contributed by atoms with Crippen molar-refractivity contribution in [3.05, 3.63) is 21.1 Å². The van der Waals surface area contributed by atoms with Crippen molar-refractivity contribution in [2.24, 2.45) is 7.05 Å². The molecule has 2 heterocycles. The van der Waals surface area contributed by atoms with Crippen LogP contribution in [0, 0.1) is 6.92 Å². The smallest absolute Gasteiger partial charge is 0.146 e. The molecule has 0 saturated carbocycles. The molecule has 0 unspecified atom stereocenters. The average molecular weight is 303 g/mol. The van der Waals surface area contributed by atoms with Crippen molar-refractivity contribution in [2.45, 2.75) is 26.7 Å². The highest BCUT2D eigenvalue weighted by Crippen LogP contribution is 2.34. The van der Waals surface area contributed by atoms with E-state index in [0.29, 0.717) is 5.15 Å². The Hall–Kier alpha value is -0.610. The second-order valence-corrected chi connectivity index (χ2v) is 4.99. The summed E-state index contributed by atoms with van der Waals surface area (Å²) >= 11 is 9.65. The van der Waals surface area contributed by atoms with E-state index in [9.17, 15) is 0 Å². The van der Waals surface area contributed by atoms with Crippen molar-refractivity contribution in [3.8, 4) is 0 Å². The number of rotatable bonds is 2. The van der Waals surface area contributed by atoms with Crippen LogP contribution < -0.4 is 0 Å². The minimum atomic E-state index is 0.668. The Morgan fingerprint density at radius 3 is 2.69 bits per heavy atom. The predicted molar refractivity (Wildman–Crippen MR) is 70.0 cm³/mol. The van der Waals surface area contributed by atoms with E-state index in [-0.39, 0.29) is 0 Å². The van der Waals surface area contributed by atoms with Crippen LogP contribution in [-0.2, 0) is 13.5 Å². The predicted octanol–water partition coefficient (Wildman–Crippen LogP) is 3.65. The molecule has 86 valence electrons. The van der Waals surface area contributed by atoms with Crippen LogP contribution in [0.4, 0.5) is 0 Å². The van der Waals surface area contributed by atoms with Gasteiger partial charge in [0.2, 0.25) is 0 Å². The summed E-state index contributed by atoms with van der Waals surface area (Å²) < 4.78 is 2.77. The first-order valence-electron chi connectivity index (χ1n) is 5.23. The fraction of sp³-hybridized carbons (Fsp3) is 0.455. The molecule has 2 rings (SSSR count). The first-order valence-corrected chi connectivity index (χ1v) is 6.40. The Morgan fingerprint density at radius 1 is 1.38 bits per heavy atom. The van der Waals surface area contributed by atoms with Crippen molar-refractivity contribution in [3.63, 3.8) is 0 Å². The second-order valence-electron chi connectivity index (χ2n) is 3.84. The summed E-state index contributed by atoms with van der Waals surface area (Å²) in [6.45, 7) is 4.11. The highest BCUT2D eigenvalue weighted by molar-refractivity contribution is 9.10. The molecule has 0 atom stereocenters. The summed E-state index contributed by atoms with van der Waals surface area (Å²) in [6.07, 6.45) is 1.95. The van der Waals surface area contributed by atoms with Crippen LogP contribution in [0.3, 0.4) is 0 Å². The Labute approximate surface area is 108 Å². The number of nitrogens with zero attached hydrogens (tertiary/aromatic N) is 3. The molecule has 0 bridgehead atoms. The van der Waals surface area contributed by atoms with Crippen LogP contribution in [0.5, 0.6) is 0 Å². The van der Waals surface area contributed by atoms with E-state index in [0.717, 1.165) is 39.9 Å². The number of halogens is 2. The number of aryl methyl sites for hydroxylation is 3. The Balaban J connectivity index is 2.77. The Bertz CT molecular complexity index is 548. The minimum absolute atomic E-state index is 0.668. The van der Waals surface area contributed by atoms with Crippen LogP contribution in [0.15, 0.2) is 4.47 Å². The van der Waals surface area contributed by atoms with Crippen molar-refractivity contribution >= 4 is 38.6 Å². The molecule has 0 N–H and O–H groups in total. The quantitative estimate of drug-likeness (QED) is 0.848. The standard InChI is InChI=1S/C11H13BrClN3/c1-4-5-7-14-6(2)8-9(12)10(13)16(3)11(8)15-7/h4-5H2,1-3H3. The van der Waals surface area contributed by atoms with Gasteiger partial charge in [0, 0.05) is 13.5 Å². The summed E-state index contributed by atoms with van der Waals surface area (Å²) in [7, 11) is 1.91. The largest absolute Gasteiger partial charge is 0.318 e. The van der Waals surface area contributed by atoms with E-state index in [4.69, 9.17) is 11.6 Å². The number of fused-ring (bicyclic) bond motifs is 1. The third kappa shape index (κ3) is 1.74. The van der Waals surface area contributed by atoms with Crippen molar-refractivity contribution < 1.29 is 0 Å². The van der Waals surface area contributed by atoms with E-state index in [1.54, 1.807) is 0 Å². The monoisotopic (exact) mass is 301 g/mol. The van der Waals surface area contributed by atoms with Gasteiger partial charge in [0.1, 0.15) is 16.6 Å². The maximum absolute atomic E-state index is 6.17. The zero-order chi connectivity index (χ0) is 11.9. The molecule has 5 heteroatoms. The molecule has 16 heavy (non-hydrogen) atoms. The lowest BCUT2D eigenvalue weighted by Gasteiger charge is -2.02. The van der Waals surface area contributed by atoms with E-state index >= 15 is 0 Å². The zero-order valence-electron chi connectivity index (χ0n) is 9.51. The normalized spacial score (nSPS) is 11.3. The fourth-order valence-corrected chi connectivity index (χ4v) is 2.70. The molecule has 3 nitrogen and oxygen atoms in total. The topological polar surface area (TPSA) is 30.7 Å². The van der Waals surface area contributed by atoms with Gasteiger partial charge < -0.3 is 4.57 Å². The van der Waals surface area contributed by atoms with Gasteiger partial charge in [-0.2, -0.15) is 0 Å². The van der Waals surface area contributed by atoms with Crippen LogP contribution in [0.1, 0.15) is 24.9 Å². The van der Waals surface area contributed by atoms with Crippen LogP contribution in [0.2, 0.25) is 5.15 Å².